The fraction of sp³-hybridized carbons (Fsp3) is 0.938. The molecule has 2 fully saturated rings. The highest BCUT2D eigenvalue weighted by molar-refractivity contribution is 5.81. The lowest BCUT2D eigenvalue weighted by Crippen LogP contribution is -2.58. The fourth-order valence-electron chi connectivity index (χ4n) is 4.22. The van der Waals surface area contributed by atoms with Crippen LogP contribution >= 0.6 is 0 Å². The van der Waals surface area contributed by atoms with E-state index in [1.54, 1.807) is 0 Å². The minimum Gasteiger partial charge on any atom is -0.468 e. The number of ether oxygens (including phenoxy) is 1. The fourth-order valence-corrected chi connectivity index (χ4v) is 4.22. The number of esters is 1. The van der Waals surface area contributed by atoms with Crippen molar-refractivity contribution in [1.29, 1.82) is 0 Å². The van der Waals surface area contributed by atoms with Gasteiger partial charge in [-0.15, -0.1) is 0 Å². The van der Waals surface area contributed by atoms with Crippen LogP contribution in [0.25, 0.3) is 0 Å². The van der Waals surface area contributed by atoms with Crippen molar-refractivity contribution in [2.24, 2.45) is 5.92 Å². The first-order valence-electron chi connectivity index (χ1n) is 8.07. The summed E-state index contributed by atoms with van der Waals surface area (Å²) in [6, 6.07) is 1.20. The molecule has 3 unspecified atom stereocenters. The van der Waals surface area contributed by atoms with Crippen molar-refractivity contribution in [3.05, 3.63) is 0 Å². The van der Waals surface area contributed by atoms with Gasteiger partial charge in [-0.05, 0) is 58.0 Å². The number of methoxy groups -OCH3 is 1. The van der Waals surface area contributed by atoms with Crippen LogP contribution in [0.5, 0.6) is 0 Å². The van der Waals surface area contributed by atoms with E-state index >= 15 is 0 Å². The largest absolute Gasteiger partial charge is 0.468 e. The number of carbonyl (C=O) groups is 1. The van der Waals surface area contributed by atoms with E-state index in [9.17, 15) is 4.79 Å². The highest BCUT2D eigenvalue weighted by Gasteiger charge is 2.45. The van der Waals surface area contributed by atoms with Crippen molar-refractivity contribution >= 4 is 5.97 Å². The molecular weight excluding hydrogens is 252 g/mol. The summed E-state index contributed by atoms with van der Waals surface area (Å²) in [5.74, 6) is 0.603. The molecule has 1 heterocycles. The van der Waals surface area contributed by atoms with Crippen molar-refractivity contribution in [1.82, 2.24) is 10.2 Å². The van der Waals surface area contributed by atoms with E-state index in [1.165, 1.54) is 32.9 Å². The molecule has 2 aliphatic rings. The Morgan fingerprint density at radius 1 is 1.35 bits per heavy atom. The lowest BCUT2D eigenvalue weighted by molar-refractivity contribution is -0.151. The summed E-state index contributed by atoms with van der Waals surface area (Å²) < 4.78 is 5.05. The van der Waals surface area contributed by atoms with Gasteiger partial charge in [0.15, 0.2) is 0 Å². The minimum absolute atomic E-state index is 0.0926. The molecule has 0 radical (unpaired) electrons. The maximum atomic E-state index is 12.2. The Bertz CT molecular complexity index is 345. The van der Waals surface area contributed by atoms with Gasteiger partial charge in [-0.1, -0.05) is 13.8 Å². The molecule has 116 valence electrons. The summed E-state index contributed by atoms with van der Waals surface area (Å²) in [6.07, 6.45) is 6.70. The van der Waals surface area contributed by atoms with E-state index in [0.29, 0.717) is 18.0 Å². The lowest BCUT2D eigenvalue weighted by Gasteiger charge is -2.44. The molecular formula is C16H30N2O2. The highest BCUT2D eigenvalue weighted by atomic mass is 16.5. The van der Waals surface area contributed by atoms with Crippen LogP contribution in [0.3, 0.4) is 0 Å². The predicted octanol–water partition coefficient (Wildman–Crippen LogP) is 2.18. The molecule has 1 saturated heterocycles. The number of rotatable bonds is 4. The number of hydrogen-bond acceptors (Lipinski definition) is 4. The average molecular weight is 282 g/mol. The molecule has 0 amide bonds. The molecule has 4 nitrogen and oxygen atoms in total. The molecule has 0 spiro atoms. The van der Waals surface area contributed by atoms with Crippen molar-refractivity contribution in [3.63, 3.8) is 0 Å². The molecule has 1 N–H and O–H groups in total. The highest BCUT2D eigenvalue weighted by Crippen LogP contribution is 2.36. The molecule has 3 atom stereocenters. The molecule has 0 aromatic heterocycles. The molecule has 0 bridgehead atoms. The third-order valence-corrected chi connectivity index (χ3v) is 5.36. The zero-order chi connectivity index (χ0) is 14.8. The van der Waals surface area contributed by atoms with E-state index in [4.69, 9.17) is 4.74 Å². The predicted molar refractivity (Wildman–Crippen MR) is 80.6 cm³/mol. The maximum absolute atomic E-state index is 12.2. The van der Waals surface area contributed by atoms with Crippen LogP contribution in [-0.2, 0) is 9.53 Å². The number of likely N-dealkylation sites (tertiary alicyclic amines) is 1. The molecule has 2 rings (SSSR count). The molecule has 0 aromatic rings. The van der Waals surface area contributed by atoms with Gasteiger partial charge < -0.3 is 10.1 Å². The van der Waals surface area contributed by atoms with Gasteiger partial charge in [0.25, 0.3) is 0 Å². The standard InChI is InChI=1S/C16H30N2O2/c1-12(2)14-8-6-10-18(14)13-7-5-9-16(11-13,17-3)15(19)20-4/h12-14,17H,5-11H2,1-4H3. The number of nitrogens with one attached hydrogen (secondary N) is 1. The summed E-state index contributed by atoms with van der Waals surface area (Å²) in [7, 11) is 3.39. The van der Waals surface area contributed by atoms with Gasteiger partial charge in [0.1, 0.15) is 5.54 Å². The Morgan fingerprint density at radius 2 is 2.10 bits per heavy atom. The smallest absolute Gasteiger partial charge is 0.326 e. The van der Waals surface area contributed by atoms with Crippen LogP contribution in [0.1, 0.15) is 52.4 Å². The second-order valence-electron chi connectivity index (χ2n) is 6.77. The summed E-state index contributed by atoms with van der Waals surface area (Å²) in [5, 5.41) is 3.26. The summed E-state index contributed by atoms with van der Waals surface area (Å²) in [4.78, 5) is 14.9. The van der Waals surface area contributed by atoms with Gasteiger partial charge in [0, 0.05) is 12.1 Å². The number of nitrogens with zero attached hydrogens (tertiary/aromatic N) is 1. The van der Waals surface area contributed by atoms with Gasteiger partial charge in [-0.2, -0.15) is 0 Å². The van der Waals surface area contributed by atoms with Gasteiger partial charge in [0.2, 0.25) is 0 Å². The monoisotopic (exact) mass is 282 g/mol. The van der Waals surface area contributed by atoms with E-state index in [-0.39, 0.29) is 5.97 Å². The zero-order valence-electron chi connectivity index (χ0n) is 13.4. The van der Waals surface area contributed by atoms with Crippen molar-refractivity contribution in [2.75, 3.05) is 20.7 Å². The first-order chi connectivity index (χ1) is 9.54. The molecule has 1 saturated carbocycles. The number of likely N-dealkylation sites (N-methyl/N-ethyl adjacent to an activating group) is 1. The van der Waals surface area contributed by atoms with Crippen LogP contribution < -0.4 is 5.32 Å². The summed E-state index contributed by atoms with van der Waals surface area (Å²) >= 11 is 0. The first kappa shape index (κ1) is 15.8. The topological polar surface area (TPSA) is 41.6 Å². The van der Waals surface area contributed by atoms with Crippen LogP contribution in [0.2, 0.25) is 0 Å². The second kappa shape index (κ2) is 6.44. The molecule has 1 aliphatic heterocycles. The van der Waals surface area contributed by atoms with Crippen LogP contribution in [0.15, 0.2) is 0 Å². The number of carbonyl (C=O) groups excluding carboxylic acids is 1. The Hall–Kier alpha value is -0.610. The Balaban J connectivity index is 2.11. The third kappa shape index (κ3) is 2.86. The normalized spacial score (nSPS) is 35.5. The molecule has 20 heavy (non-hydrogen) atoms. The molecule has 1 aliphatic carbocycles. The molecule has 0 aromatic carbocycles. The summed E-state index contributed by atoms with van der Waals surface area (Å²) in [6.45, 7) is 5.82. The van der Waals surface area contributed by atoms with Crippen LogP contribution in [0, 0.1) is 5.92 Å². The van der Waals surface area contributed by atoms with Crippen LogP contribution in [-0.4, -0.2) is 49.2 Å². The Labute approximate surface area is 123 Å². The lowest BCUT2D eigenvalue weighted by atomic mass is 9.78. The van der Waals surface area contributed by atoms with Gasteiger partial charge >= 0.3 is 5.97 Å². The second-order valence-corrected chi connectivity index (χ2v) is 6.77. The quantitative estimate of drug-likeness (QED) is 0.803. The van der Waals surface area contributed by atoms with E-state index in [0.717, 1.165) is 19.3 Å². The van der Waals surface area contributed by atoms with Crippen molar-refractivity contribution in [3.8, 4) is 0 Å². The van der Waals surface area contributed by atoms with E-state index in [2.05, 4.69) is 24.1 Å². The van der Waals surface area contributed by atoms with Crippen molar-refractivity contribution < 1.29 is 9.53 Å². The SMILES string of the molecule is CNC1(C(=O)OC)CCCC(N2CCCC2C(C)C)C1. The summed E-state index contributed by atoms with van der Waals surface area (Å²) in [5.41, 5.74) is -0.470. The first-order valence-corrected chi connectivity index (χ1v) is 8.07. The zero-order valence-corrected chi connectivity index (χ0v) is 13.4. The van der Waals surface area contributed by atoms with E-state index in [1.807, 2.05) is 7.05 Å². The molecule has 4 heteroatoms. The Kier molecular flexibility index (Phi) is 5.08. The Morgan fingerprint density at radius 3 is 2.70 bits per heavy atom. The van der Waals surface area contributed by atoms with Gasteiger partial charge in [-0.3, -0.25) is 9.69 Å². The number of hydrogen-bond donors (Lipinski definition) is 1. The third-order valence-electron chi connectivity index (χ3n) is 5.36. The minimum atomic E-state index is -0.470. The van der Waals surface area contributed by atoms with Gasteiger partial charge in [-0.25, -0.2) is 0 Å². The average Bonchev–Trinajstić information content (AvgIpc) is 2.96. The van der Waals surface area contributed by atoms with Crippen LogP contribution in [0.4, 0.5) is 0 Å². The van der Waals surface area contributed by atoms with Gasteiger partial charge in [0.05, 0.1) is 7.11 Å². The van der Waals surface area contributed by atoms with Crippen molar-refractivity contribution in [2.45, 2.75) is 70.0 Å². The maximum Gasteiger partial charge on any atom is 0.326 e. The van der Waals surface area contributed by atoms with E-state index < -0.39 is 5.54 Å².